The lowest BCUT2D eigenvalue weighted by Crippen LogP contribution is -2.12. The van der Waals surface area contributed by atoms with Gasteiger partial charge in [0.05, 0.1) is 26.1 Å². The molecule has 38 heavy (non-hydrogen) atoms. The highest BCUT2D eigenvalue weighted by atomic mass is 32.2. The number of hydrogen-bond donors (Lipinski definition) is 2. The summed E-state index contributed by atoms with van der Waals surface area (Å²) in [4.78, 5) is 8.97. The third kappa shape index (κ3) is 16.0. The normalized spacial score (nSPS) is 18.0. The average Bonchev–Trinajstić information content (AvgIpc) is 3.68. The molecule has 9 nitrogen and oxygen atoms in total. The van der Waals surface area contributed by atoms with E-state index in [1.54, 1.807) is 40.0 Å². The lowest BCUT2D eigenvalue weighted by Gasteiger charge is -2.09. The van der Waals surface area contributed by atoms with E-state index in [0.29, 0.717) is 38.1 Å². The molecule has 2 aliphatic heterocycles. The summed E-state index contributed by atoms with van der Waals surface area (Å²) in [7, 11) is 4.44. The molecule has 0 amide bonds. The van der Waals surface area contributed by atoms with Crippen molar-refractivity contribution in [2.45, 2.75) is 19.8 Å². The smallest absolute Gasteiger partial charge is 0.225 e. The van der Waals surface area contributed by atoms with Gasteiger partial charge in [0.2, 0.25) is 18.2 Å². The lowest BCUT2D eigenvalue weighted by molar-refractivity contribution is 0.166. The summed E-state index contributed by atoms with van der Waals surface area (Å²) in [6, 6.07) is 8.02. The quantitative estimate of drug-likeness (QED) is 0.147. The first-order chi connectivity index (χ1) is 18.6. The Hall–Kier alpha value is -2.03. The van der Waals surface area contributed by atoms with Gasteiger partial charge in [0.25, 0.3) is 0 Å². The van der Waals surface area contributed by atoms with Gasteiger partial charge in [-0.05, 0) is 49.4 Å². The van der Waals surface area contributed by atoms with Crippen LogP contribution in [0.5, 0.6) is 5.75 Å². The van der Waals surface area contributed by atoms with Crippen molar-refractivity contribution in [1.82, 2.24) is 5.09 Å². The number of aliphatic hydroxyl groups excluding tert-OH is 1. The van der Waals surface area contributed by atoms with Crippen LogP contribution in [0.25, 0.3) is 5.31 Å². The fourth-order valence-electron chi connectivity index (χ4n) is 2.50. The van der Waals surface area contributed by atoms with Crippen molar-refractivity contribution >= 4 is 48.5 Å². The van der Waals surface area contributed by atoms with Crippen LogP contribution in [-0.2, 0) is 18.4 Å². The second-order valence-corrected chi connectivity index (χ2v) is 10.4. The topological polar surface area (TPSA) is 103 Å². The standard InChI is InChI=1S/C19H24N3O4PS2.C4H10O2.C3H4/c1-23-11-4-12-25-29-26-16-8-6-15(7-9-16)17-13-27(17)22-19-20-10-3-5-18(24-2)21-14-28-19;1-6-4-2-3-5;1-3-2/h3,5-9,13H,4,10-12,14H2,1-2H3,(H,20,22);5H,2-4H2,1H3;1H,2H3/b5-3-,21-18+;;. The molecule has 0 saturated carbocycles. The number of methoxy groups -OCH3 is 3. The maximum atomic E-state index is 8.12. The first-order valence-electron chi connectivity index (χ1n) is 11.9. The molecular weight excluding hydrogens is 545 g/mol. The zero-order valence-electron chi connectivity index (χ0n) is 22.4. The van der Waals surface area contributed by atoms with Crippen molar-refractivity contribution < 1.29 is 27.7 Å². The maximum absolute atomic E-state index is 8.12. The largest absolute Gasteiger partial charge is 0.481 e. The molecule has 210 valence electrons. The number of ether oxygens (including phenoxy) is 3. The summed E-state index contributed by atoms with van der Waals surface area (Å²) in [5.74, 6) is 6.47. The van der Waals surface area contributed by atoms with Gasteiger partial charge in [0.1, 0.15) is 5.75 Å². The molecule has 2 heterocycles. The van der Waals surface area contributed by atoms with Crippen LogP contribution in [0.4, 0.5) is 0 Å². The summed E-state index contributed by atoms with van der Waals surface area (Å²) in [5.41, 5.74) is 1.19. The number of hydrogen-bond acceptors (Lipinski definition) is 11. The number of benzene rings is 1. The molecule has 0 aromatic heterocycles. The van der Waals surface area contributed by atoms with Gasteiger partial charge in [0, 0.05) is 47.4 Å². The van der Waals surface area contributed by atoms with Gasteiger partial charge in [-0.25, -0.2) is 4.99 Å². The number of nitrogens with one attached hydrogen (secondary N) is 1. The van der Waals surface area contributed by atoms with E-state index in [9.17, 15) is 0 Å². The minimum Gasteiger partial charge on any atom is -0.481 e. The third-order valence-corrected chi connectivity index (χ3v) is 7.34. The molecule has 0 spiro atoms. The highest BCUT2D eigenvalue weighted by Crippen LogP contribution is 2.64. The van der Waals surface area contributed by atoms with Crippen LogP contribution in [0, 0.1) is 12.3 Å². The second-order valence-electron chi connectivity index (χ2n) is 7.22. The fourth-order valence-corrected chi connectivity index (χ4v) is 5.35. The number of thioether (sulfide) groups is 1. The molecule has 0 radical (unpaired) electrons. The van der Waals surface area contributed by atoms with Crippen LogP contribution in [0.15, 0.2) is 52.2 Å². The zero-order valence-corrected chi connectivity index (χ0v) is 24.9. The molecule has 0 saturated heterocycles. The van der Waals surface area contributed by atoms with Gasteiger partial charge in [0.15, 0.2) is 5.17 Å². The van der Waals surface area contributed by atoms with Crippen molar-refractivity contribution in [3.8, 4) is 18.1 Å². The lowest BCUT2D eigenvalue weighted by atomic mass is 10.2. The molecule has 1 aromatic carbocycles. The average molecular weight is 584 g/mol. The highest BCUT2D eigenvalue weighted by Gasteiger charge is 2.27. The maximum Gasteiger partial charge on any atom is 0.225 e. The Labute approximate surface area is 236 Å². The van der Waals surface area contributed by atoms with Gasteiger partial charge < -0.3 is 28.6 Å². The molecule has 0 fully saturated rings. The minimum absolute atomic E-state index is 0.230. The van der Waals surface area contributed by atoms with E-state index < -0.39 is 8.07 Å². The van der Waals surface area contributed by atoms with Crippen molar-refractivity contribution in [2.75, 3.05) is 60.2 Å². The molecule has 2 aliphatic rings. The summed E-state index contributed by atoms with van der Waals surface area (Å²) in [5, 5.41) is 13.9. The van der Waals surface area contributed by atoms with E-state index in [1.165, 1.54) is 10.9 Å². The Morgan fingerprint density at radius 2 is 1.82 bits per heavy atom. The second kappa shape index (κ2) is 22.9. The van der Waals surface area contributed by atoms with Crippen LogP contribution >= 0.6 is 32.2 Å². The molecule has 1 unspecified atom stereocenters. The molecule has 2 N–H and O–H groups in total. The van der Waals surface area contributed by atoms with E-state index in [-0.39, 0.29) is 6.61 Å². The SMILES string of the molecule is C#CC.COCCCO.COCCCOSOc1ccc(C2=CP2NC2=NC/C=C\C(OC)=N/CS2)cc1. The van der Waals surface area contributed by atoms with Gasteiger partial charge >= 0.3 is 0 Å². The van der Waals surface area contributed by atoms with Gasteiger partial charge in [-0.1, -0.05) is 30.0 Å². The highest BCUT2D eigenvalue weighted by molar-refractivity contribution is 8.14. The van der Waals surface area contributed by atoms with Crippen LogP contribution in [0.1, 0.15) is 25.3 Å². The van der Waals surface area contributed by atoms with Crippen molar-refractivity contribution in [2.24, 2.45) is 9.98 Å². The molecular formula is C26H38N3O6PS2. The Morgan fingerprint density at radius 1 is 1.11 bits per heavy atom. The monoisotopic (exact) mass is 583 g/mol. The summed E-state index contributed by atoms with van der Waals surface area (Å²) in [6.07, 6.45) is 9.99. The first-order valence-corrected chi connectivity index (χ1v) is 14.9. The molecule has 0 aliphatic carbocycles. The van der Waals surface area contributed by atoms with Crippen LogP contribution in [0.3, 0.4) is 0 Å². The van der Waals surface area contributed by atoms with Crippen LogP contribution < -0.4 is 9.27 Å². The van der Waals surface area contributed by atoms with E-state index in [4.69, 9.17) is 22.9 Å². The summed E-state index contributed by atoms with van der Waals surface area (Å²) in [6.45, 7) is 4.43. The number of aliphatic imine (C=N–C) groups is 2. The van der Waals surface area contributed by atoms with Crippen LogP contribution in [-0.4, -0.2) is 76.4 Å². The van der Waals surface area contributed by atoms with Gasteiger partial charge in [-0.15, -0.1) is 12.3 Å². The van der Waals surface area contributed by atoms with E-state index in [0.717, 1.165) is 36.1 Å². The number of nitrogens with zero attached hydrogens (tertiary/aromatic N) is 2. The van der Waals surface area contributed by atoms with Crippen molar-refractivity contribution in [1.29, 1.82) is 0 Å². The number of rotatable bonds is 12. The fraction of sp³-hybridized carbons (Fsp3) is 0.462. The summed E-state index contributed by atoms with van der Waals surface area (Å²) < 4.78 is 25.6. The molecule has 0 bridgehead atoms. The predicted molar refractivity (Wildman–Crippen MR) is 162 cm³/mol. The Kier molecular flexibility index (Phi) is 20.5. The van der Waals surface area contributed by atoms with Crippen molar-refractivity contribution in [3.05, 3.63) is 47.8 Å². The molecule has 1 atom stereocenters. The zero-order chi connectivity index (χ0) is 27.8. The number of terminal acetylenes is 1. The molecule has 3 rings (SSSR count). The minimum atomic E-state index is -0.483. The predicted octanol–water partition coefficient (Wildman–Crippen LogP) is 5.30. The molecule has 1 aromatic rings. The van der Waals surface area contributed by atoms with E-state index in [2.05, 4.69) is 50.1 Å². The number of amidine groups is 1. The first kappa shape index (κ1) is 34.0. The van der Waals surface area contributed by atoms with Gasteiger partial charge in [-0.2, -0.15) is 0 Å². The van der Waals surface area contributed by atoms with Crippen LogP contribution in [0.2, 0.25) is 0 Å². The van der Waals surface area contributed by atoms with E-state index in [1.807, 2.05) is 24.3 Å². The van der Waals surface area contributed by atoms with E-state index >= 15 is 0 Å². The third-order valence-electron chi connectivity index (χ3n) is 4.30. The van der Waals surface area contributed by atoms with Crippen molar-refractivity contribution in [3.63, 3.8) is 0 Å². The number of aliphatic hydroxyl groups is 1. The molecule has 12 heteroatoms. The Bertz CT molecular complexity index is 932. The van der Waals surface area contributed by atoms with Gasteiger partial charge in [-0.3, -0.25) is 9.18 Å². The summed E-state index contributed by atoms with van der Waals surface area (Å²) >= 11 is 2.58. The Morgan fingerprint density at radius 3 is 2.45 bits per heavy atom. The Balaban J connectivity index is 0.000000695.